The summed E-state index contributed by atoms with van der Waals surface area (Å²) in [6.07, 6.45) is 0.975. The monoisotopic (exact) mass is 351 g/mol. The van der Waals surface area contributed by atoms with E-state index < -0.39 is 35.5 Å². The van der Waals surface area contributed by atoms with Gasteiger partial charge in [0.05, 0.1) is 6.54 Å². The number of Topliss-reactive ketones (excluding diaryl/α,β-unsaturated/α-hetero) is 1. The molecular formula is C17H19F2N3O3. The van der Waals surface area contributed by atoms with E-state index in [4.69, 9.17) is 11.5 Å². The van der Waals surface area contributed by atoms with Crippen LogP contribution in [0.2, 0.25) is 0 Å². The molecule has 1 aliphatic carbocycles. The molecule has 1 saturated heterocycles. The molecule has 4 N–H and O–H groups in total. The van der Waals surface area contributed by atoms with E-state index >= 15 is 0 Å². The molecule has 0 saturated carbocycles. The average molecular weight is 351 g/mol. The number of rotatable bonds is 4. The van der Waals surface area contributed by atoms with Crippen molar-refractivity contribution in [1.29, 1.82) is 0 Å². The van der Waals surface area contributed by atoms with Gasteiger partial charge in [-0.3, -0.25) is 14.4 Å². The number of hydrogen-bond donors (Lipinski definition) is 2. The Kier molecular flexibility index (Phi) is 4.55. The third-order valence-electron chi connectivity index (χ3n) is 5.03. The molecule has 8 heteroatoms. The van der Waals surface area contributed by atoms with Crippen molar-refractivity contribution in [3.63, 3.8) is 0 Å². The van der Waals surface area contributed by atoms with Crippen LogP contribution in [0.15, 0.2) is 12.1 Å². The fraction of sp³-hybridized carbons (Fsp3) is 0.471. The number of hydrogen-bond acceptors (Lipinski definition) is 4. The van der Waals surface area contributed by atoms with Crippen LogP contribution in [0.5, 0.6) is 0 Å². The van der Waals surface area contributed by atoms with Crippen LogP contribution >= 0.6 is 0 Å². The molecule has 1 aliphatic heterocycles. The van der Waals surface area contributed by atoms with Gasteiger partial charge in [0.2, 0.25) is 11.8 Å². The van der Waals surface area contributed by atoms with Gasteiger partial charge >= 0.3 is 0 Å². The van der Waals surface area contributed by atoms with Crippen molar-refractivity contribution in [2.75, 3.05) is 6.54 Å². The van der Waals surface area contributed by atoms with Gasteiger partial charge in [-0.05, 0) is 36.1 Å². The highest BCUT2D eigenvalue weighted by molar-refractivity contribution is 5.98. The highest BCUT2D eigenvalue weighted by atomic mass is 19.2. The first-order chi connectivity index (χ1) is 11.8. The first-order valence-corrected chi connectivity index (χ1v) is 8.11. The Morgan fingerprint density at radius 3 is 2.64 bits per heavy atom. The predicted molar refractivity (Wildman–Crippen MR) is 84.3 cm³/mol. The summed E-state index contributed by atoms with van der Waals surface area (Å²) in [6, 6.07) is 0.747. The number of primary amides is 1. The average Bonchev–Trinajstić information content (AvgIpc) is 3.11. The lowest BCUT2D eigenvalue weighted by atomic mass is 9.91. The second-order valence-electron chi connectivity index (χ2n) is 6.66. The van der Waals surface area contributed by atoms with Crippen molar-refractivity contribution < 1.29 is 23.2 Å². The van der Waals surface area contributed by atoms with Gasteiger partial charge in [0, 0.05) is 24.8 Å². The number of halogens is 2. The summed E-state index contributed by atoms with van der Waals surface area (Å²) in [5.74, 6) is -3.50. The zero-order valence-electron chi connectivity index (χ0n) is 13.5. The molecule has 3 atom stereocenters. The van der Waals surface area contributed by atoms with Gasteiger partial charge in [-0.1, -0.05) is 0 Å². The largest absolute Gasteiger partial charge is 0.368 e. The number of carbonyl (C=O) groups excluding carboxylic acids is 3. The fourth-order valence-electron chi connectivity index (χ4n) is 3.74. The van der Waals surface area contributed by atoms with Gasteiger partial charge < -0.3 is 16.4 Å². The van der Waals surface area contributed by atoms with Gasteiger partial charge in [-0.2, -0.15) is 0 Å². The number of benzene rings is 1. The van der Waals surface area contributed by atoms with Crippen molar-refractivity contribution in [2.24, 2.45) is 11.5 Å². The number of aryl methyl sites for hydroxylation is 1. The van der Waals surface area contributed by atoms with Crippen LogP contribution in [0.1, 0.15) is 36.3 Å². The summed E-state index contributed by atoms with van der Waals surface area (Å²) in [6.45, 7) is -0.153. The van der Waals surface area contributed by atoms with Crippen LogP contribution < -0.4 is 11.5 Å². The van der Waals surface area contributed by atoms with Crippen LogP contribution in [0.25, 0.3) is 0 Å². The third-order valence-corrected chi connectivity index (χ3v) is 5.03. The summed E-state index contributed by atoms with van der Waals surface area (Å²) in [7, 11) is 0. The summed E-state index contributed by atoms with van der Waals surface area (Å²) in [5.41, 5.74) is 12.7. The summed E-state index contributed by atoms with van der Waals surface area (Å²) >= 11 is 0. The molecule has 1 aromatic carbocycles. The first-order valence-electron chi connectivity index (χ1n) is 8.11. The van der Waals surface area contributed by atoms with E-state index in [1.54, 1.807) is 0 Å². The van der Waals surface area contributed by atoms with Crippen molar-refractivity contribution in [2.45, 2.75) is 43.7 Å². The number of amides is 2. The zero-order chi connectivity index (χ0) is 18.3. The summed E-state index contributed by atoms with van der Waals surface area (Å²) in [5, 5.41) is 0. The van der Waals surface area contributed by atoms with E-state index in [1.165, 1.54) is 6.07 Å². The van der Waals surface area contributed by atoms with Crippen molar-refractivity contribution in [1.82, 2.24) is 4.90 Å². The number of ketones is 1. The third kappa shape index (κ3) is 3.26. The molecule has 3 rings (SSSR count). The maximum absolute atomic E-state index is 13.5. The SMILES string of the molecule is NC(=O)C1CC(=O)CN1C(=O)CC(N)C1CCc2cc(F)c(F)cc21. The Morgan fingerprint density at radius 1 is 1.28 bits per heavy atom. The summed E-state index contributed by atoms with van der Waals surface area (Å²) < 4.78 is 26.9. The molecule has 6 nitrogen and oxygen atoms in total. The van der Waals surface area contributed by atoms with Crippen LogP contribution in [0, 0.1) is 11.6 Å². The molecular weight excluding hydrogens is 332 g/mol. The highest BCUT2D eigenvalue weighted by Crippen LogP contribution is 2.37. The van der Waals surface area contributed by atoms with E-state index in [0.717, 1.165) is 11.0 Å². The van der Waals surface area contributed by atoms with E-state index in [2.05, 4.69) is 0 Å². The van der Waals surface area contributed by atoms with Gasteiger partial charge in [0.1, 0.15) is 6.04 Å². The smallest absolute Gasteiger partial charge is 0.240 e. The van der Waals surface area contributed by atoms with E-state index in [-0.39, 0.29) is 31.1 Å². The maximum atomic E-state index is 13.5. The Labute approximate surface area is 143 Å². The lowest BCUT2D eigenvalue weighted by Crippen LogP contribution is -2.46. The molecule has 0 bridgehead atoms. The van der Waals surface area contributed by atoms with Crippen LogP contribution in [0.3, 0.4) is 0 Å². The minimum atomic E-state index is -0.942. The molecule has 2 amide bonds. The molecule has 2 aliphatic rings. The molecule has 134 valence electrons. The molecule has 1 heterocycles. The van der Waals surface area contributed by atoms with E-state index in [0.29, 0.717) is 24.0 Å². The van der Waals surface area contributed by atoms with Gasteiger partial charge in [0.25, 0.3) is 0 Å². The van der Waals surface area contributed by atoms with Crippen molar-refractivity contribution >= 4 is 17.6 Å². The molecule has 0 aromatic heterocycles. The Bertz CT molecular complexity index is 753. The fourth-order valence-corrected chi connectivity index (χ4v) is 3.74. The molecule has 25 heavy (non-hydrogen) atoms. The normalized spacial score (nSPS) is 23.6. The maximum Gasteiger partial charge on any atom is 0.240 e. The van der Waals surface area contributed by atoms with Crippen LogP contribution in [-0.2, 0) is 20.8 Å². The Hall–Kier alpha value is -2.35. The molecule has 0 radical (unpaired) electrons. The number of carbonyl (C=O) groups is 3. The minimum absolute atomic E-state index is 0.0763. The number of likely N-dealkylation sites (tertiary alicyclic amines) is 1. The number of fused-ring (bicyclic) bond motifs is 1. The van der Waals surface area contributed by atoms with Gasteiger partial charge in [-0.15, -0.1) is 0 Å². The number of nitrogens with two attached hydrogens (primary N) is 2. The number of nitrogens with zero attached hydrogens (tertiary/aromatic N) is 1. The van der Waals surface area contributed by atoms with Crippen molar-refractivity contribution in [3.05, 3.63) is 34.9 Å². The second kappa shape index (κ2) is 6.51. The van der Waals surface area contributed by atoms with Gasteiger partial charge in [0.15, 0.2) is 17.4 Å². The quantitative estimate of drug-likeness (QED) is 0.817. The zero-order valence-corrected chi connectivity index (χ0v) is 13.5. The first kappa shape index (κ1) is 17.5. The molecule has 0 spiro atoms. The topological polar surface area (TPSA) is 106 Å². The van der Waals surface area contributed by atoms with E-state index in [1.807, 2.05) is 0 Å². The Morgan fingerprint density at radius 2 is 1.96 bits per heavy atom. The lowest BCUT2D eigenvalue weighted by molar-refractivity contribution is -0.138. The molecule has 1 fully saturated rings. The second-order valence-corrected chi connectivity index (χ2v) is 6.66. The molecule has 3 unspecified atom stereocenters. The van der Waals surface area contributed by atoms with Crippen LogP contribution in [0.4, 0.5) is 8.78 Å². The minimum Gasteiger partial charge on any atom is -0.368 e. The standard InChI is InChI=1S/C17H19F2N3O3/c18-12-3-8-1-2-10(11(8)5-13(12)19)14(20)6-16(24)22-7-9(23)4-15(22)17(21)25/h3,5,10,14-15H,1-2,4,6-7,20H2,(H2,21,25). The summed E-state index contributed by atoms with van der Waals surface area (Å²) in [4.78, 5) is 36.6. The lowest BCUT2D eigenvalue weighted by Gasteiger charge is -2.25. The molecule has 1 aromatic rings. The van der Waals surface area contributed by atoms with Gasteiger partial charge in [-0.25, -0.2) is 8.78 Å². The highest BCUT2D eigenvalue weighted by Gasteiger charge is 2.39. The Balaban J connectivity index is 1.72. The van der Waals surface area contributed by atoms with Crippen LogP contribution in [-0.4, -0.2) is 41.1 Å². The predicted octanol–water partition coefficient (Wildman–Crippen LogP) is 0.367. The van der Waals surface area contributed by atoms with Crippen molar-refractivity contribution in [3.8, 4) is 0 Å². The van der Waals surface area contributed by atoms with E-state index in [9.17, 15) is 23.2 Å².